The van der Waals surface area contributed by atoms with Crippen molar-refractivity contribution in [3.63, 3.8) is 0 Å². The predicted octanol–water partition coefficient (Wildman–Crippen LogP) is 0.257. The van der Waals surface area contributed by atoms with E-state index in [0.717, 1.165) is 50.6 Å². The van der Waals surface area contributed by atoms with E-state index in [1.54, 1.807) is 4.90 Å². The highest BCUT2D eigenvalue weighted by Crippen LogP contribution is 2.08. The molecule has 0 bridgehead atoms. The van der Waals surface area contributed by atoms with Gasteiger partial charge in [-0.25, -0.2) is 0 Å². The molecule has 1 aliphatic rings. The van der Waals surface area contributed by atoms with Gasteiger partial charge in [-0.2, -0.15) is 0 Å². The molecular formula is C10H15N3O2. The molecule has 0 aromatic carbocycles. The van der Waals surface area contributed by atoms with Crippen molar-refractivity contribution < 1.29 is 9.32 Å². The molecule has 0 N–H and O–H groups in total. The van der Waals surface area contributed by atoms with Gasteiger partial charge in [-0.3, -0.25) is 9.69 Å². The van der Waals surface area contributed by atoms with Crippen molar-refractivity contribution in [3.05, 3.63) is 17.5 Å². The van der Waals surface area contributed by atoms with Crippen LogP contribution in [-0.2, 0) is 11.3 Å². The molecule has 1 amide bonds. The van der Waals surface area contributed by atoms with Crippen LogP contribution in [0.1, 0.15) is 11.5 Å². The highest BCUT2D eigenvalue weighted by Gasteiger charge is 2.16. The van der Waals surface area contributed by atoms with Gasteiger partial charge in [0.05, 0.1) is 12.2 Å². The highest BCUT2D eigenvalue weighted by molar-refractivity contribution is 5.47. The summed E-state index contributed by atoms with van der Waals surface area (Å²) in [6, 6.07) is 1.95. The number of aryl methyl sites for hydroxylation is 1. The quantitative estimate of drug-likeness (QED) is 0.670. The Kier molecular flexibility index (Phi) is 3.01. The monoisotopic (exact) mass is 209 g/mol. The lowest BCUT2D eigenvalue weighted by molar-refractivity contribution is -0.119. The van der Waals surface area contributed by atoms with Gasteiger partial charge in [-0.1, -0.05) is 5.16 Å². The van der Waals surface area contributed by atoms with Crippen LogP contribution < -0.4 is 0 Å². The molecule has 82 valence electrons. The van der Waals surface area contributed by atoms with E-state index in [9.17, 15) is 4.79 Å². The summed E-state index contributed by atoms with van der Waals surface area (Å²) in [5.74, 6) is 0.895. The summed E-state index contributed by atoms with van der Waals surface area (Å²) in [7, 11) is 0. The molecule has 1 aromatic heterocycles. The van der Waals surface area contributed by atoms with Crippen molar-refractivity contribution in [1.82, 2.24) is 15.0 Å². The molecule has 0 spiro atoms. The van der Waals surface area contributed by atoms with Crippen LogP contribution in [0.3, 0.4) is 0 Å². The van der Waals surface area contributed by atoms with Gasteiger partial charge >= 0.3 is 0 Å². The lowest BCUT2D eigenvalue weighted by Gasteiger charge is -2.31. The number of rotatable bonds is 3. The lowest BCUT2D eigenvalue weighted by Crippen LogP contribution is -2.45. The van der Waals surface area contributed by atoms with Crippen molar-refractivity contribution in [2.24, 2.45) is 0 Å². The number of aromatic nitrogens is 1. The maximum absolute atomic E-state index is 10.5. The molecule has 1 aromatic rings. The third kappa shape index (κ3) is 2.56. The smallest absolute Gasteiger partial charge is 0.209 e. The van der Waals surface area contributed by atoms with Crippen molar-refractivity contribution in [2.75, 3.05) is 26.2 Å². The number of hydrogen-bond acceptors (Lipinski definition) is 4. The first-order valence-corrected chi connectivity index (χ1v) is 5.12. The largest absolute Gasteiger partial charge is 0.360 e. The minimum absolute atomic E-state index is 0.785. The zero-order valence-electron chi connectivity index (χ0n) is 8.85. The van der Waals surface area contributed by atoms with Gasteiger partial charge in [-0.05, 0) is 6.92 Å². The van der Waals surface area contributed by atoms with E-state index in [4.69, 9.17) is 4.52 Å². The van der Waals surface area contributed by atoms with Gasteiger partial charge in [0.15, 0.2) is 5.76 Å². The Morgan fingerprint density at radius 3 is 2.73 bits per heavy atom. The summed E-state index contributed by atoms with van der Waals surface area (Å²) in [4.78, 5) is 14.6. The van der Waals surface area contributed by atoms with Crippen LogP contribution in [0, 0.1) is 6.92 Å². The Bertz CT molecular complexity index is 329. The molecule has 0 radical (unpaired) electrons. The van der Waals surface area contributed by atoms with Crippen LogP contribution in [0.2, 0.25) is 0 Å². The number of hydrogen-bond donors (Lipinski definition) is 0. The van der Waals surface area contributed by atoms with Crippen molar-refractivity contribution in [3.8, 4) is 0 Å². The number of carbonyl (C=O) groups excluding carboxylic acids is 1. The molecular weight excluding hydrogens is 194 g/mol. The first-order valence-electron chi connectivity index (χ1n) is 5.12. The van der Waals surface area contributed by atoms with Crippen LogP contribution >= 0.6 is 0 Å². The molecule has 2 heterocycles. The zero-order valence-corrected chi connectivity index (χ0v) is 8.85. The van der Waals surface area contributed by atoms with Crippen LogP contribution in [0.5, 0.6) is 0 Å². The first kappa shape index (κ1) is 10.2. The second-order valence-electron chi connectivity index (χ2n) is 3.85. The molecule has 5 heteroatoms. The summed E-state index contributed by atoms with van der Waals surface area (Å²) < 4.78 is 5.15. The fraction of sp³-hybridized carbons (Fsp3) is 0.600. The van der Waals surface area contributed by atoms with Gasteiger partial charge in [-0.15, -0.1) is 0 Å². The number of nitrogens with zero attached hydrogens (tertiary/aromatic N) is 3. The molecule has 0 saturated carbocycles. The molecule has 2 rings (SSSR count). The second kappa shape index (κ2) is 4.44. The Balaban J connectivity index is 1.84. The SMILES string of the molecule is Cc1cc(CN2CCN(C=O)CC2)on1. The summed E-state index contributed by atoms with van der Waals surface area (Å²) in [6.45, 7) is 6.11. The van der Waals surface area contributed by atoms with E-state index >= 15 is 0 Å². The summed E-state index contributed by atoms with van der Waals surface area (Å²) >= 11 is 0. The van der Waals surface area contributed by atoms with Gasteiger partial charge in [0, 0.05) is 32.2 Å². The van der Waals surface area contributed by atoms with Crippen LogP contribution in [0.4, 0.5) is 0 Å². The van der Waals surface area contributed by atoms with Gasteiger partial charge in [0.1, 0.15) is 0 Å². The Morgan fingerprint density at radius 1 is 1.47 bits per heavy atom. The van der Waals surface area contributed by atoms with E-state index in [2.05, 4.69) is 10.1 Å². The Morgan fingerprint density at radius 2 is 2.20 bits per heavy atom. The first-order chi connectivity index (χ1) is 7.28. The minimum Gasteiger partial charge on any atom is -0.360 e. The fourth-order valence-electron chi connectivity index (χ4n) is 1.74. The Labute approximate surface area is 88.6 Å². The standard InChI is InChI=1S/C10H15N3O2/c1-9-6-10(15-11-9)7-12-2-4-13(8-14)5-3-12/h6,8H,2-5,7H2,1H3. The van der Waals surface area contributed by atoms with Crippen LogP contribution in [0.15, 0.2) is 10.6 Å². The van der Waals surface area contributed by atoms with Crippen molar-refractivity contribution in [2.45, 2.75) is 13.5 Å². The third-order valence-electron chi connectivity index (χ3n) is 2.61. The molecule has 1 aliphatic heterocycles. The predicted molar refractivity (Wildman–Crippen MR) is 54.2 cm³/mol. The Hall–Kier alpha value is -1.36. The summed E-state index contributed by atoms with van der Waals surface area (Å²) in [5.41, 5.74) is 0.913. The molecule has 5 nitrogen and oxygen atoms in total. The van der Waals surface area contributed by atoms with Gasteiger partial charge in [0.2, 0.25) is 6.41 Å². The van der Waals surface area contributed by atoms with Crippen molar-refractivity contribution in [1.29, 1.82) is 0 Å². The van der Waals surface area contributed by atoms with E-state index in [-0.39, 0.29) is 0 Å². The topological polar surface area (TPSA) is 49.6 Å². The molecule has 1 fully saturated rings. The van der Waals surface area contributed by atoms with E-state index < -0.39 is 0 Å². The van der Waals surface area contributed by atoms with Crippen LogP contribution in [0.25, 0.3) is 0 Å². The van der Waals surface area contributed by atoms with Crippen LogP contribution in [-0.4, -0.2) is 47.5 Å². The lowest BCUT2D eigenvalue weighted by atomic mass is 10.3. The molecule has 0 atom stereocenters. The number of amides is 1. The number of carbonyl (C=O) groups is 1. The van der Waals surface area contributed by atoms with Gasteiger partial charge < -0.3 is 9.42 Å². The second-order valence-corrected chi connectivity index (χ2v) is 3.85. The molecule has 0 aliphatic carbocycles. The highest BCUT2D eigenvalue weighted by atomic mass is 16.5. The molecule has 0 unspecified atom stereocenters. The maximum Gasteiger partial charge on any atom is 0.209 e. The summed E-state index contributed by atoms with van der Waals surface area (Å²) in [5, 5.41) is 3.84. The molecule has 1 saturated heterocycles. The maximum atomic E-state index is 10.5. The fourth-order valence-corrected chi connectivity index (χ4v) is 1.74. The minimum atomic E-state index is 0.785. The van der Waals surface area contributed by atoms with E-state index in [1.165, 1.54) is 0 Å². The normalized spacial score (nSPS) is 18.1. The average Bonchev–Trinajstić information content (AvgIpc) is 2.65. The average molecular weight is 209 g/mol. The third-order valence-corrected chi connectivity index (χ3v) is 2.61. The van der Waals surface area contributed by atoms with Crippen molar-refractivity contribution >= 4 is 6.41 Å². The zero-order chi connectivity index (χ0) is 10.7. The molecule has 15 heavy (non-hydrogen) atoms. The van der Waals surface area contributed by atoms with E-state index in [0.29, 0.717) is 0 Å². The van der Waals surface area contributed by atoms with E-state index in [1.807, 2.05) is 13.0 Å². The van der Waals surface area contributed by atoms with Gasteiger partial charge in [0.25, 0.3) is 0 Å². The summed E-state index contributed by atoms with van der Waals surface area (Å²) in [6.07, 6.45) is 0.913. The number of piperazine rings is 1.